The van der Waals surface area contributed by atoms with E-state index < -0.39 is 0 Å². The maximum absolute atomic E-state index is 3.49. The molecule has 0 amide bonds. The molecule has 8 rings (SSSR count). The van der Waals surface area contributed by atoms with E-state index in [2.05, 4.69) is 165 Å². The molecule has 60 heavy (non-hydrogen) atoms. The fourth-order valence-corrected chi connectivity index (χ4v) is 9.08. The van der Waals surface area contributed by atoms with E-state index in [1.54, 1.807) is 0 Å². The van der Waals surface area contributed by atoms with Gasteiger partial charge < -0.3 is 14.4 Å². The van der Waals surface area contributed by atoms with Crippen molar-refractivity contribution in [3.63, 3.8) is 0 Å². The van der Waals surface area contributed by atoms with Gasteiger partial charge in [0.1, 0.15) is 0 Å². The Morgan fingerprint density at radius 1 is 0.550 bits per heavy atom. The van der Waals surface area contributed by atoms with E-state index in [9.17, 15) is 0 Å². The van der Waals surface area contributed by atoms with E-state index in [-0.39, 0.29) is 43.1 Å². The number of rotatable bonds is 6. The monoisotopic (exact) mass is 934 g/mol. The van der Waals surface area contributed by atoms with Gasteiger partial charge in [-0.3, -0.25) is 0 Å². The second kappa shape index (κ2) is 25.8. The molecule has 0 aliphatic heterocycles. The minimum absolute atomic E-state index is 0. The van der Waals surface area contributed by atoms with Crippen LogP contribution in [0.3, 0.4) is 0 Å². The summed E-state index contributed by atoms with van der Waals surface area (Å²) in [6, 6.07) is 41.6. The van der Waals surface area contributed by atoms with Crippen LogP contribution < -0.4 is 0 Å². The molecule has 0 spiro atoms. The molecule has 0 unspecified atom stereocenters. The molecule has 0 aromatic heterocycles. The number of halogens is 2. The van der Waals surface area contributed by atoms with Crippen LogP contribution in [0, 0.1) is 26.2 Å². The summed E-state index contributed by atoms with van der Waals surface area (Å²) in [5.74, 6) is 1.80. The van der Waals surface area contributed by atoms with Gasteiger partial charge in [-0.05, 0) is 57.8 Å². The fraction of sp³-hybridized carbons (Fsp3) is 0.429. The Bertz CT molecular complexity index is 1940. The van der Waals surface area contributed by atoms with Crippen molar-refractivity contribution in [2.45, 2.75) is 143 Å². The predicted molar refractivity (Wildman–Crippen MR) is 270 cm³/mol. The van der Waals surface area contributed by atoms with Crippen LogP contribution in [0.5, 0.6) is 0 Å². The third kappa shape index (κ3) is 15.0. The van der Waals surface area contributed by atoms with Crippen LogP contribution >= 0.6 is 24.8 Å². The van der Waals surface area contributed by atoms with Crippen molar-refractivity contribution in [2.24, 2.45) is 11.8 Å². The molecule has 0 atom stereocenters. The number of benzene rings is 4. The van der Waals surface area contributed by atoms with E-state index in [1.165, 1.54) is 166 Å². The number of fused-ring (bicyclic) bond motifs is 2. The molecule has 0 N–H and O–H groups in total. The Morgan fingerprint density at radius 2 is 0.867 bits per heavy atom. The van der Waals surface area contributed by atoms with Gasteiger partial charge in [0, 0.05) is 0 Å². The summed E-state index contributed by atoms with van der Waals surface area (Å²) in [4.78, 5) is 0. The molecule has 0 nitrogen and oxygen atoms in total. The topological polar surface area (TPSA) is 0 Å². The normalized spacial score (nSPS) is 14.4. The summed E-state index contributed by atoms with van der Waals surface area (Å²) in [5, 5.41) is 5.63. The first-order valence-electron chi connectivity index (χ1n) is 22.1. The molecule has 2 saturated carbocycles. The molecular weight excluding hydrogens is 863 g/mol. The molecule has 2 aliphatic rings. The Morgan fingerprint density at radius 3 is 1.17 bits per heavy atom. The van der Waals surface area contributed by atoms with Gasteiger partial charge in [0.2, 0.25) is 0 Å². The first-order chi connectivity index (χ1) is 27.4. The third-order valence-corrected chi connectivity index (χ3v) is 12.2. The molecule has 0 saturated heterocycles. The van der Waals surface area contributed by atoms with Gasteiger partial charge in [0.15, 0.2) is 0 Å². The van der Waals surface area contributed by atoms with Crippen LogP contribution in [-0.4, -0.2) is 6.88 Å². The maximum atomic E-state index is 3.49. The average Bonchev–Trinajstić information content (AvgIpc) is 3.83. The van der Waals surface area contributed by atoms with Crippen LogP contribution in [0.2, 0.25) is 0 Å². The van der Waals surface area contributed by atoms with Crippen molar-refractivity contribution >= 4 is 53.2 Å². The molecule has 6 aromatic carbocycles. The molecule has 2 fully saturated rings. The predicted octanol–water partition coefficient (Wildman–Crippen LogP) is 17.4. The number of hydrogen-bond donors (Lipinski definition) is 0. The zero-order chi connectivity index (χ0) is 41.0. The summed E-state index contributed by atoms with van der Waals surface area (Å²) in [6.45, 7) is 22.2. The van der Waals surface area contributed by atoms with E-state index in [4.69, 9.17) is 0 Å². The molecular formula is C56H74Cl2SiZr-4. The van der Waals surface area contributed by atoms with Crippen molar-refractivity contribution in [3.05, 3.63) is 146 Å². The van der Waals surface area contributed by atoms with Gasteiger partial charge >= 0.3 is 30.2 Å². The quantitative estimate of drug-likeness (QED) is 0.115. The first kappa shape index (κ1) is 53.9. The van der Waals surface area contributed by atoms with Crippen molar-refractivity contribution in [1.82, 2.24) is 0 Å². The molecule has 2 radical (unpaired) electrons. The van der Waals surface area contributed by atoms with Gasteiger partial charge in [-0.15, -0.1) is 93.9 Å². The van der Waals surface area contributed by atoms with Gasteiger partial charge in [-0.25, -0.2) is 0 Å². The molecule has 6 aromatic rings. The van der Waals surface area contributed by atoms with E-state index >= 15 is 0 Å². The van der Waals surface area contributed by atoms with Crippen LogP contribution in [0.4, 0.5) is 0 Å². The van der Waals surface area contributed by atoms with Gasteiger partial charge in [0.05, 0.1) is 0 Å². The molecule has 0 bridgehead atoms. The van der Waals surface area contributed by atoms with Crippen molar-refractivity contribution in [3.8, 4) is 22.3 Å². The Balaban J connectivity index is 0.000000358. The Hall–Kier alpha value is -2.22. The molecule has 4 heteroatoms. The van der Waals surface area contributed by atoms with Crippen molar-refractivity contribution < 1.29 is 23.3 Å². The molecule has 324 valence electrons. The van der Waals surface area contributed by atoms with E-state index in [0.717, 1.165) is 18.3 Å². The standard InChI is InChI=1S/2C26H31.C3H7.CH3.2ClH.Si.Zr/c2*1-26(2,3)23-14-12-21(13-15-23)24-11-7-10-22-17-20(18-25(22)24)16-19-8-5-4-6-9-19;1-3-2;;;;;/h2*7,10-15,17-19H,4-6,8-9,16H2,1-3H3;1,3H2,2H3;1H3;2*1H;;/q4*-1;;;;. The summed E-state index contributed by atoms with van der Waals surface area (Å²) in [7, 11) is 0. The van der Waals surface area contributed by atoms with Crippen LogP contribution in [0.1, 0.15) is 141 Å². The van der Waals surface area contributed by atoms with Crippen molar-refractivity contribution in [1.29, 1.82) is 0 Å². The van der Waals surface area contributed by atoms with Crippen LogP contribution in [-0.2, 0) is 47.0 Å². The van der Waals surface area contributed by atoms with Gasteiger partial charge in [-0.1, -0.05) is 184 Å². The summed E-state index contributed by atoms with van der Waals surface area (Å²) >= 11 is 1.36. The summed E-state index contributed by atoms with van der Waals surface area (Å²) in [5.41, 5.74) is 11.7. The Labute approximate surface area is 396 Å². The fourth-order valence-electron chi connectivity index (χ4n) is 9.08. The number of hydrogen-bond acceptors (Lipinski definition) is 0. The second-order valence-corrected chi connectivity index (χ2v) is 18.9. The minimum atomic E-state index is 0. The van der Waals surface area contributed by atoms with E-state index in [1.807, 2.05) is 6.92 Å². The zero-order valence-electron chi connectivity index (χ0n) is 38.3. The van der Waals surface area contributed by atoms with Gasteiger partial charge in [-0.2, -0.15) is 18.6 Å². The van der Waals surface area contributed by atoms with Crippen LogP contribution in [0.25, 0.3) is 43.8 Å². The Kier molecular flexibility index (Phi) is 23.2. The molecule has 0 heterocycles. The summed E-state index contributed by atoms with van der Waals surface area (Å²) in [6.07, 6.45) is 17.8. The second-order valence-electron chi connectivity index (χ2n) is 18.9. The van der Waals surface area contributed by atoms with E-state index in [0.29, 0.717) is 0 Å². The summed E-state index contributed by atoms with van der Waals surface area (Å²) < 4.78 is 0. The first-order valence-corrected chi connectivity index (χ1v) is 26.2. The van der Waals surface area contributed by atoms with Crippen molar-refractivity contribution in [2.75, 3.05) is 0 Å². The van der Waals surface area contributed by atoms with Crippen LogP contribution in [0.15, 0.2) is 109 Å². The average molecular weight is 937 g/mol. The zero-order valence-corrected chi connectivity index (χ0v) is 43.4. The SMILES string of the molecule is CC(C)(C)c1ccc(-c2cccc3[cH-]c(CC4CCCCC4)cc23)cc1.CC(C)(C)c1ccc(-c2cccc3[cH-]c(CC4CCCCC4)cc23)cc1.Cl.Cl.[CH2-]CC.[CH3-].[Si]=[Zr]. The molecule has 2 aliphatic carbocycles. The van der Waals surface area contributed by atoms with Gasteiger partial charge in [0.25, 0.3) is 0 Å². The third-order valence-electron chi connectivity index (χ3n) is 12.2.